The summed E-state index contributed by atoms with van der Waals surface area (Å²) in [6.45, 7) is 5.10. The Bertz CT molecular complexity index is 1150. The van der Waals surface area contributed by atoms with Gasteiger partial charge in [-0.3, -0.25) is 4.79 Å². The van der Waals surface area contributed by atoms with E-state index < -0.39 is 6.36 Å². The predicted molar refractivity (Wildman–Crippen MR) is 128 cm³/mol. The SMILES string of the molecule is CC(=O)Nc1ccc(Nc2cc(-c3cccc(OC(F)(F)F)c3)nc(N[C@H](CO)C(C)C)n2)cc1. The number of rotatable bonds is 9. The number of nitrogens with zero attached hydrogens (tertiary/aromatic N) is 2. The fraction of sp³-hybridized carbons (Fsp3) is 0.292. The number of ether oxygens (including phenoxy) is 1. The number of carbonyl (C=O) groups excluding carboxylic acids is 1. The van der Waals surface area contributed by atoms with Gasteiger partial charge in [-0.25, -0.2) is 4.98 Å². The molecule has 0 bridgehead atoms. The van der Waals surface area contributed by atoms with Crippen LogP contribution in [0.2, 0.25) is 0 Å². The minimum atomic E-state index is -4.82. The van der Waals surface area contributed by atoms with E-state index in [0.717, 1.165) is 0 Å². The largest absolute Gasteiger partial charge is 0.573 e. The molecule has 4 N–H and O–H groups in total. The molecule has 3 aromatic rings. The molecule has 0 spiro atoms. The van der Waals surface area contributed by atoms with Gasteiger partial charge in [0.15, 0.2) is 0 Å². The molecule has 0 saturated carbocycles. The Morgan fingerprint density at radius 1 is 1.06 bits per heavy atom. The van der Waals surface area contributed by atoms with E-state index >= 15 is 0 Å². The summed E-state index contributed by atoms with van der Waals surface area (Å²) in [7, 11) is 0. The highest BCUT2D eigenvalue weighted by Crippen LogP contribution is 2.29. The Hall–Kier alpha value is -3.86. The second-order valence-corrected chi connectivity index (χ2v) is 8.10. The average Bonchev–Trinajstić information content (AvgIpc) is 2.77. The van der Waals surface area contributed by atoms with Gasteiger partial charge >= 0.3 is 6.36 Å². The Kier molecular flexibility index (Phi) is 8.13. The summed E-state index contributed by atoms with van der Waals surface area (Å²) in [6, 6.07) is 13.6. The van der Waals surface area contributed by atoms with Crippen LogP contribution < -0.4 is 20.7 Å². The third-order valence-corrected chi connectivity index (χ3v) is 4.88. The van der Waals surface area contributed by atoms with Gasteiger partial charge in [-0.1, -0.05) is 26.0 Å². The van der Waals surface area contributed by atoms with Crippen molar-refractivity contribution in [1.29, 1.82) is 0 Å². The summed E-state index contributed by atoms with van der Waals surface area (Å²) in [4.78, 5) is 20.1. The summed E-state index contributed by atoms with van der Waals surface area (Å²) < 4.78 is 42.1. The number of aromatic nitrogens is 2. The number of amides is 1. The lowest BCUT2D eigenvalue weighted by Gasteiger charge is -2.21. The minimum Gasteiger partial charge on any atom is -0.406 e. The first-order valence-corrected chi connectivity index (χ1v) is 10.8. The molecule has 3 rings (SSSR count). The molecule has 186 valence electrons. The molecule has 0 radical (unpaired) electrons. The van der Waals surface area contributed by atoms with Crippen LogP contribution >= 0.6 is 0 Å². The molecule has 1 aromatic heterocycles. The lowest BCUT2D eigenvalue weighted by Crippen LogP contribution is -2.30. The molecule has 35 heavy (non-hydrogen) atoms. The Morgan fingerprint density at radius 2 is 1.74 bits per heavy atom. The number of aliphatic hydroxyl groups excluding tert-OH is 1. The highest BCUT2D eigenvalue weighted by Gasteiger charge is 2.31. The van der Waals surface area contributed by atoms with Gasteiger partial charge in [0.05, 0.1) is 18.3 Å². The first kappa shape index (κ1) is 25.8. The molecule has 1 atom stereocenters. The van der Waals surface area contributed by atoms with Gasteiger partial charge in [0.1, 0.15) is 11.6 Å². The van der Waals surface area contributed by atoms with E-state index in [2.05, 4.69) is 30.7 Å². The zero-order valence-corrected chi connectivity index (χ0v) is 19.3. The van der Waals surface area contributed by atoms with E-state index in [9.17, 15) is 23.1 Å². The Labute approximate surface area is 200 Å². The fourth-order valence-corrected chi connectivity index (χ4v) is 3.15. The minimum absolute atomic E-state index is 0.0634. The van der Waals surface area contributed by atoms with Crippen LogP contribution in [0.5, 0.6) is 5.75 Å². The summed E-state index contributed by atoms with van der Waals surface area (Å²) in [6.07, 6.45) is -4.82. The zero-order chi connectivity index (χ0) is 25.6. The van der Waals surface area contributed by atoms with Crippen LogP contribution in [0.15, 0.2) is 54.6 Å². The van der Waals surface area contributed by atoms with Gasteiger partial charge in [-0.15, -0.1) is 13.2 Å². The van der Waals surface area contributed by atoms with Crippen molar-refractivity contribution < 1.29 is 27.8 Å². The molecule has 0 aliphatic carbocycles. The number of hydrogen-bond acceptors (Lipinski definition) is 7. The van der Waals surface area contributed by atoms with Crippen LogP contribution in [0.1, 0.15) is 20.8 Å². The fourth-order valence-electron chi connectivity index (χ4n) is 3.15. The number of halogens is 3. The summed E-state index contributed by atoms with van der Waals surface area (Å²) in [5.74, 6) is 0.0550. The van der Waals surface area contributed by atoms with Gasteiger partial charge in [0.2, 0.25) is 11.9 Å². The summed E-state index contributed by atoms with van der Waals surface area (Å²) in [5, 5.41) is 18.6. The molecule has 2 aromatic carbocycles. The van der Waals surface area contributed by atoms with Crippen molar-refractivity contribution in [3.05, 3.63) is 54.6 Å². The number of anilines is 4. The van der Waals surface area contributed by atoms with Crippen LogP contribution in [0.25, 0.3) is 11.3 Å². The van der Waals surface area contributed by atoms with Crippen molar-refractivity contribution in [2.24, 2.45) is 5.92 Å². The van der Waals surface area contributed by atoms with Gasteiger partial charge in [0.25, 0.3) is 0 Å². The zero-order valence-electron chi connectivity index (χ0n) is 19.3. The molecule has 8 nitrogen and oxygen atoms in total. The molecule has 1 heterocycles. The van der Waals surface area contributed by atoms with Crippen molar-refractivity contribution >= 4 is 29.0 Å². The van der Waals surface area contributed by atoms with Gasteiger partial charge in [0, 0.05) is 29.9 Å². The molecular formula is C24H26F3N5O3. The molecule has 0 fully saturated rings. The van der Waals surface area contributed by atoms with Crippen LogP contribution in [-0.2, 0) is 4.79 Å². The number of benzene rings is 2. The van der Waals surface area contributed by atoms with Crippen molar-refractivity contribution in [2.45, 2.75) is 33.2 Å². The second kappa shape index (κ2) is 11.0. The van der Waals surface area contributed by atoms with Crippen molar-refractivity contribution in [3.8, 4) is 17.0 Å². The molecule has 0 saturated heterocycles. The number of hydrogen-bond donors (Lipinski definition) is 4. The van der Waals surface area contributed by atoms with E-state index in [0.29, 0.717) is 28.5 Å². The maximum Gasteiger partial charge on any atom is 0.573 e. The molecule has 0 aliphatic heterocycles. The van der Waals surface area contributed by atoms with E-state index in [1.807, 2.05) is 13.8 Å². The Balaban J connectivity index is 1.96. The summed E-state index contributed by atoms with van der Waals surface area (Å²) >= 11 is 0. The van der Waals surface area contributed by atoms with E-state index in [-0.39, 0.29) is 36.2 Å². The monoisotopic (exact) mass is 489 g/mol. The molecule has 0 aliphatic rings. The van der Waals surface area contributed by atoms with Crippen molar-refractivity contribution in [2.75, 3.05) is 22.6 Å². The highest BCUT2D eigenvalue weighted by molar-refractivity contribution is 5.88. The summed E-state index contributed by atoms with van der Waals surface area (Å²) in [5.41, 5.74) is 2.00. The van der Waals surface area contributed by atoms with Crippen LogP contribution in [0.4, 0.5) is 36.3 Å². The average molecular weight is 489 g/mol. The molecule has 1 amide bonds. The first-order valence-electron chi connectivity index (χ1n) is 10.8. The van der Waals surface area contributed by atoms with E-state index in [4.69, 9.17) is 0 Å². The predicted octanol–water partition coefficient (Wildman–Crippen LogP) is 5.17. The van der Waals surface area contributed by atoms with E-state index in [1.54, 1.807) is 36.4 Å². The number of alkyl halides is 3. The quantitative estimate of drug-likeness (QED) is 0.328. The van der Waals surface area contributed by atoms with Crippen LogP contribution in [0.3, 0.4) is 0 Å². The topological polar surface area (TPSA) is 108 Å². The molecule has 0 unspecified atom stereocenters. The number of aliphatic hydroxyl groups is 1. The lowest BCUT2D eigenvalue weighted by atomic mass is 10.1. The number of carbonyl (C=O) groups is 1. The molecular weight excluding hydrogens is 463 g/mol. The van der Waals surface area contributed by atoms with Gasteiger partial charge in [-0.2, -0.15) is 4.98 Å². The smallest absolute Gasteiger partial charge is 0.406 e. The maximum absolute atomic E-state index is 12.7. The number of nitrogens with one attached hydrogen (secondary N) is 3. The standard InChI is InChI=1S/C24H26F3N5O3/c1-14(2)21(13-33)31-23-30-20(16-5-4-6-19(11-16)35-24(25,26)27)12-22(32-23)29-18-9-7-17(8-10-18)28-15(3)34/h4-12,14,21,33H,13H2,1-3H3,(H,28,34)(H2,29,30,31,32)/t21-/m1/s1. The third-order valence-electron chi connectivity index (χ3n) is 4.88. The maximum atomic E-state index is 12.7. The highest BCUT2D eigenvalue weighted by atomic mass is 19.4. The van der Waals surface area contributed by atoms with Crippen LogP contribution in [0, 0.1) is 5.92 Å². The normalized spacial score (nSPS) is 12.2. The second-order valence-electron chi connectivity index (χ2n) is 8.10. The first-order chi connectivity index (χ1) is 16.5. The third kappa shape index (κ3) is 7.85. The lowest BCUT2D eigenvalue weighted by molar-refractivity contribution is -0.274. The van der Waals surface area contributed by atoms with E-state index in [1.165, 1.54) is 25.1 Å². The van der Waals surface area contributed by atoms with Gasteiger partial charge in [-0.05, 0) is 42.3 Å². The van der Waals surface area contributed by atoms with Crippen molar-refractivity contribution in [3.63, 3.8) is 0 Å². The van der Waals surface area contributed by atoms with Crippen molar-refractivity contribution in [1.82, 2.24) is 9.97 Å². The van der Waals surface area contributed by atoms with Gasteiger partial charge < -0.3 is 25.8 Å². The molecule has 11 heteroatoms. The van der Waals surface area contributed by atoms with Crippen LogP contribution in [-0.4, -0.2) is 40.0 Å². The Morgan fingerprint density at radius 3 is 2.34 bits per heavy atom.